The highest BCUT2D eigenvalue weighted by Crippen LogP contribution is 2.33. The Morgan fingerprint density at radius 3 is 2.49 bits per heavy atom. The van der Waals surface area contributed by atoms with E-state index in [1.165, 1.54) is 25.5 Å². The molecule has 0 aliphatic carbocycles. The molecule has 0 saturated carbocycles. The first kappa shape index (κ1) is 27.1. The summed E-state index contributed by atoms with van der Waals surface area (Å²) in [5, 5.41) is 12.1. The summed E-state index contributed by atoms with van der Waals surface area (Å²) in [6, 6.07) is 15.9. The van der Waals surface area contributed by atoms with Crippen molar-refractivity contribution < 1.29 is 28.2 Å². The second-order valence-electron chi connectivity index (χ2n) is 9.35. The van der Waals surface area contributed by atoms with Crippen molar-refractivity contribution in [2.45, 2.75) is 39.7 Å². The minimum Gasteiger partial charge on any atom is -0.493 e. The number of rotatable bonds is 9. The maximum Gasteiger partial charge on any atom is 0.349 e. The SMILES string of the molecule is COc1cc(/C=C(\C#N)C(=O)NCc2ccco2)ccc1OC(=O)COc1ccc(C)cc1C(C)(C)C. The van der Waals surface area contributed by atoms with Crippen LogP contribution in [0.15, 0.2) is 64.8 Å². The standard InChI is InChI=1S/C29H30N2O6/c1-19-8-10-24(23(13-19)29(2,3)4)36-18-27(32)37-25-11-9-20(15-26(25)34-5)14-21(16-30)28(33)31-17-22-7-6-12-35-22/h6-15H,17-18H2,1-5H3,(H,31,33)/b21-14+. The molecule has 1 aromatic heterocycles. The molecular weight excluding hydrogens is 472 g/mol. The second kappa shape index (κ2) is 12.0. The van der Waals surface area contributed by atoms with E-state index in [-0.39, 0.29) is 35.6 Å². The lowest BCUT2D eigenvalue weighted by Crippen LogP contribution is -2.23. The van der Waals surface area contributed by atoms with Crippen LogP contribution in [0.2, 0.25) is 0 Å². The van der Waals surface area contributed by atoms with Crippen molar-refractivity contribution in [3.8, 4) is 23.3 Å². The third-order valence-electron chi connectivity index (χ3n) is 5.38. The van der Waals surface area contributed by atoms with Gasteiger partial charge in [0, 0.05) is 0 Å². The molecule has 8 nitrogen and oxygen atoms in total. The largest absolute Gasteiger partial charge is 0.493 e. The number of carbonyl (C=O) groups excluding carboxylic acids is 2. The van der Waals surface area contributed by atoms with E-state index in [1.807, 2.05) is 31.2 Å². The molecule has 37 heavy (non-hydrogen) atoms. The molecule has 0 fully saturated rings. The van der Waals surface area contributed by atoms with Crippen LogP contribution in [0, 0.1) is 18.3 Å². The Bertz CT molecular complexity index is 1330. The molecule has 2 aromatic carbocycles. The number of amides is 1. The van der Waals surface area contributed by atoms with Crippen LogP contribution in [0.5, 0.6) is 17.2 Å². The minimum atomic E-state index is -0.600. The lowest BCUT2D eigenvalue weighted by Gasteiger charge is -2.23. The van der Waals surface area contributed by atoms with Gasteiger partial charge in [0.15, 0.2) is 18.1 Å². The van der Waals surface area contributed by atoms with E-state index in [4.69, 9.17) is 18.6 Å². The molecular formula is C29H30N2O6. The van der Waals surface area contributed by atoms with E-state index in [2.05, 4.69) is 26.1 Å². The quantitative estimate of drug-likeness (QED) is 0.187. The molecule has 1 N–H and O–H groups in total. The molecule has 0 spiro atoms. The molecule has 1 heterocycles. The van der Waals surface area contributed by atoms with Gasteiger partial charge in [0.1, 0.15) is 23.2 Å². The summed E-state index contributed by atoms with van der Waals surface area (Å²) in [6.45, 7) is 8.11. The number of furan rings is 1. The fraction of sp³-hybridized carbons (Fsp3) is 0.276. The Morgan fingerprint density at radius 2 is 1.84 bits per heavy atom. The van der Waals surface area contributed by atoms with Gasteiger partial charge in [-0.3, -0.25) is 4.79 Å². The smallest absolute Gasteiger partial charge is 0.349 e. The molecule has 3 rings (SSSR count). The molecule has 0 atom stereocenters. The van der Waals surface area contributed by atoms with Crippen molar-refractivity contribution >= 4 is 18.0 Å². The highest BCUT2D eigenvalue weighted by atomic mass is 16.6. The van der Waals surface area contributed by atoms with Crippen LogP contribution >= 0.6 is 0 Å². The molecule has 8 heteroatoms. The Balaban J connectivity index is 1.67. The molecule has 0 saturated heterocycles. The van der Waals surface area contributed by atoms with E-state index >= 15 is 0 Å². The zero-order chi connectivity index (χ0) is 27.0. The first-order valence-electron chi connectivity index (χ1n) is 11.7. The van der Waals surface area contributed by atoms with Crippen LogP contribution in [0.4, 0.5) is 0 Å². The predicted octanol–water partition coefficient (Wildman–Crippen LogP) is 5.10. The van der Waals surface area contributed by atoms with Gasteiger partial charge in [0.2, 0.25) is 0 Å². The number of benzene rings is 2. The van der Waals surface area contributed by atoms with Gasteiger partial charge in [-0.15, -0.1) is 0 Å². The minimum absolute atomic E-state index is 0.0977. The van der Waals surface area contributed by atoms with Crippen molar-refractivity contribution in [3.63, 3.8) is 0 Å². The van der Waals surface area contributed by atoms with Gasteiger partial charge in [0.25, 0.3) is 5.91 Å². The highest BCUT2D eigenvalue weighted by molar-refractivity contribution is 6.01. The third-order valence-corrected chi connectivity index (χ3v) is 5.38. The number of nitrogens with one attached hydrogen (secondary N) is 1. The number of aryl methyl sites for hydroxylation is 1. The van der Waals surface area contributed by atoms with Gasteiger partial charge in [-0.1, -0.05) is 44.5 Å². The highest BCUT2D eigenvalue weighted by Gasteiger charge is 2.20. The number of esters is 1. The number of hydrogen-bond acceptors (Lipinski definition) is 7. The Morgan fingerprint density at radius 1 is 1.08 bits per heavy atom. The monoisotopic (exact) mass is 502 g/mol. The van der Waals surface area contributed by atoms with Crippen LogP contribution < -0.4 is 19.5 Å². The molecule has 0 radical (unpaired) electrons. The first-order valence-corrected chi connectivity index (χ1v) is 11.7. The van der Waals surface area contributed by atoms with Gasteiger partial charge in [-0.25, -0.2) is 4.79 Å². The predicted molar refractivity (Wildman–Crippen MR) is 138 cm³/mol. The van der Waals surface area contributed by atoms with E-state index < -0.39 is 11.9 Å². The van der Waals surface area contributed by atoms with E-state index in [0.29, 0.717) is 17.1 Å². The summed E-state index contributed by atoms with van der Waals surface area (Å²) in [5.41, 5.74) is 2.37. The fourth-order valence-electron chi connectivity index (χ4n) is 3.49. The molecule has 3 aromatic rings. The maximum atomic E-state index is 12.5. The summed E-state index contributed by atoms with van der Waals surface area (Å²) < 4.78 is 21.8. The summed E-state index contributed by atoms with van der Waals surface area (Å²) in [4.78, 5) is 24.9. The Hall–Kier alpha value is -4.51. The zero-order valence-corrected chi connectivity index (χ0v) is 21.6. The van der Waals surface area contributed by atoms with Crippen LogP contribution in [0.25, 0.3) is 6.08 Å². The first-order chi connectivity index (χ1) is 17.6. The van der Waals surface area contributed by atoms with Crippen molar-refractivity contribution in [2.24, 2.45) is 0 Å². The van der Waals surface area contributed by atoms with Crippen molar-refractivity contribution in [1.29, 1.82) is 5.26 Å². The fourth-order valence-corrected chi connectivity index (χ4v) is 3.49. The zero-order valence-electron chi connectivity index (χ0n) is 21.6. The number of ether oxygens (including phenoxy) is 3. The van der Waals surface area contributed by atoms with E-state index in [0.717, 1.165) is 11.1 Å². The number of carbonyl (C=O) groups is 2. The van der Waals surface area contributed by atoms with Crippen LogP contribution in [0.1, 0.15) is 43.2 Å². The molecule has 0 aliphatic rings. The van der Waals surface area contributed by atoms with Crippen LogP contribution in [-0.4, -0.2) is 25.6 Å². The van der Waals surface area contributed by atoms with Crippen molar-refractivity contribution in [1.82, 2.24) is 5.32 Å². The lowest BCUT2D eigenvalue weighted by atomic mass is 9.85. The van der Waals surface area contributed by atoms with Gasteiger partial charge in [0.05, 0.1) is 19.9 Å². The summed E-state index contributed by atoms with van der Waals surface area (Å²) in [5.74, 6) is 0.500. The molecule has 1 amide bonds. The average molecular weight is 503 g/mol. The van der Waals surface area contributed by atoms with Gasteiger partial charge >= 0.3 is 5.97 Å². The number of hydrogen-bond donors (Lipinski definition) is 1. The van der Waals surface area contributed by atoms with Gasteiger partial charge in [-0.2, -0.15) is 5.26 Å². The van der Waals surface area contributed by atoms with Crippen molar-refractivity contribution in [2.75, 3.05) is 13.7 Å². The number of nitriles is 1. The number of nitrogens with zero attached hydrogens (tertiary/aromatic N) is 1. The van der Waals surface area contributed by atoms with E-state index in [1.54, 1.807) is 24.3 Å². The Labute approximate surface area is 216 Å². The topological polar surface area (TPSA) is 111 Å². The van der Waals surface area contributed by atoms with Crippen molar-refractivity contribution in [3.05, 3.63) is 82.8 Å². The van der Waals surface area contributed by atoms with Crippen LogP contribution in [0.3, 0.4) is 0 Å². The average Bonchev–Trinajstić information content (AvgIpc) is 3.39. The normalized spacial score (nSPS) is 11.4. The summed E-state index contributed by atoms with van der Waals surface area (Å²) in [6.07, 6.45) is 2.92. The number of methoxy groups -OCH3 is 1. The molecule has 0 aliphatic heterocycles. The van der Waals surface area contributed by atoms with Crippen LogP contribution in [-0.2, 0) is 21.5 Å². The molecule has 0 unspecified atom stereocenters. The Kier molecular flexibility index (Phi) is 8.75. The third kappa shape index (κ3) is 7.48. The van der Waals surface area contributed by atoms with Gasteiger partial charge < -0.3 is 23.9 Å². The molecule has 192 valence electrons. The maximum absolute atomic E-state index is 12.5. The summed E-state index contributed by atoms with van der Waals surface area (Å²) >= 11 is 0. The van der Waals surface area contributed by atoms with E-state index in [9.17, 15) is 14.9 Å². The summed E-state index contributed by atoms with van der Waals surface area (Å²) in [7, 11) is 1.43. The van der Waals surface area contributed by atoms with Gasteiger partial charge in [-0.05, 0) is 59.9 Å². The molecule has 0 bridgehead atoms. The lowest BCUT2D eigenvalue weighted by molar-refractivity contribution is -0.136. The second-order valence-corrected chi connectivity index (χ2v) is 9.35.